The Morgan fingerprint density at radius 1 is 1.15 bits per heavy atom. The van der Waals surface area contributed by atoms with Crippen LogP contribution in [0.1, 0.15) is 38.4 Å². The molecule has 108 valence electrons. The Hall–Kier alpha value is -0.810. The summed E-state index contributed by atoms with van der Waals surface area (Å²) in [5.41, 5.74) is 2.11. The summed E-state index contributed by atoms with van der Waals surface area (Å²) in [6.07, 6.45) is 4.30. The van der Waals surface area contributed by atoms with E-state index < -0.39 is 0 Å². The molecule has 0 unspecified atom stereocenters. The third-order valence-corrected chi connectivity index (χ3v) is 4.71. The Morgan fingerprint density at radius 2 is 1.80 bits per heavy atom. The molecule has 0 atom stereocenters. The molecule has 1 heterocycles. The van der Waals surface area contributed by atoms with Gasteiger partial charge in [0.2, 0.25) is 0 Å². The van der Waals surface area contributed by atoms with Crippen LogP contribution >= 0.6 is 31.9 Å². The number of hydrogen-bond acceptors (Lipinski definition) is 2. The standard InChI is InChI=1S/C15H19Br2N3/c1-3-12(4-2)20-9-8-11(19-20)10-18-15-13(16)6-5-7-14(15)17/h5-9,12,18H,3-4,10H2,1-2H3. The van der Waals surface area contributed by atoms with Gasteiger partial charge in [0.15, 0.2) is 0 Å². The molecule has 0 radical (unpaired) electrons. The van der Waals surface area contributed by atoms with Gasteiger partial charge < -0.3 is 5.32 Å². The summed E-state index contributed by atoms with van der Waals surface area (Å²) in [6, 6.07) is 8.63. The van der Waals surface area contributed by atoms with Crippen molar-refractivity contribution in [3.05, 3.63) is 45.1 Å². The van der Waals surface area contributed by atoms with Gasteiger partial charge in [-0.2, -0.15) is 5.10 Å². The van der Waals surface area contributed by atoms with Crippen LogP contribution in [-0.2, 0) is 6.54 Å². The third-order valence-electron chi connectivity index (χ3n) is 3.39. The van der Waals surface area contributed by atoms with Crippen molar-refractivity contribution >= 4 is 37.5 Å². The van der Waals surface area contributed by atoms with Gasteiger partial charge in [-0.15, -0.1) is 0 Å². The molecule has 0 aliphatic carbocycles. The van der Waals surface area contributed by atoms with Gasteiger partial charge in [0.1, 0.15) is 0 Å². The van der Waals surface area contributed by atoms with Crippen LogP contribution in [0.4, 0.5) is 5.69 Å². The van der Waals surface area contributed by atoms with Crippen LogP contribution in [0.2, 0.25) is 0 Å². The van der Waals surface area contributed by atoms with Gasteiger partial charge in [0, 0.05) is 15.1 Å². The Balaban J connectivity index is 2.05. The fourth-order valence-electron chi connectivity index (χ4n) is 2.18. The molecular formula is C15H19Br2N3. The fourth-order valence-corrected chi connectivity index (χ4v) is 3.46. The first-order chi connectivity index (χ1) is 9.65. The Kier molecular flexibility index (Phi) is 5.66. The highest BCUT2D eigenvalue weighted by atomic mass is 79.9. The second kappa shape index (κ2) is 7.27. The number of anilines is 1. The number of aromatic nitrogens is 2. The lowest BCUT2D eigenvalue weighted by atomic mass is 10.2. The molecule has 0 saturated heterocycles. The second-order valence-electron chi connectivity index (χ2n) is 4.71. The van der Waals surface area contributed by atoms with Crippen LogP contribution in [0.15, 0.2) is 39.4 Å². The largest absolute Gasteiger partial charge is 0.377 e. The molecule has 0 spiro atoms. The predicted molar refractivity (Wildman–Crippen MR) is 91.0 cm³/mol. The van der Waals surface area contributed by atoms with Crippen molar-refractivity contribution < 1.29 is 0 Å². The van der Waals surface area contributed by atoms with E-state index in [-0.39, 0.29) is 0 Å². The van der Waals surface area contributed by atoms with Crippen molar-refractivity contribution in [2.24, 2.45) is 0 Å². The van der Waals surface area contributed by atoms with Crippen molar-refractivity contribution in [3.8, 4) is 0 Å². The summed E-state index contributed by atoms with van der Waals surface area (Å²) in [5, 5.41) is 8.07. The number of benzene rings is 1. The summed E-state index contributed by atoms with van der Waals surface area (Å²) < 4.78 is 4.17. The molecule has 3 nitrogen and oxygen atoms in total. The first-order valence-corrected chi connectivity index (χ1v) is 8.46. The molecule has 0 bridgehead atoms. The van der Waals surface area contributed by atoms with E-state index in [4.69, 9.17) is 0 Å². The van der Waals surface area contributed by atoms with Crippen LogP contribution in [0.5, 0.6) is 0 Å². The van der Waals surface area contributed by atoms with E-state index in [1.807, 2.05) is 18.2 Å². The average molecular weight is 401 g/mol. The van der Waals surface area contributed by atoms with Crippen molar-refractivity contribution in [2.45, 2.75) is 39.3 Å². The van der Waals surface area contributed by atoms with E-state index in [1.54, 1.807) is 0 Å². The van der Waals surface area contributed by atoms with E-state index in [2.05, 4.69) is 73.1 Å². The number of nitrogens with zero attached hydrogens (tertiary/aromatic N) is 2. The van der Waals surface area contributed by atoms with Crippen molar-refractivity contribution in [1.82, 2.24) is 9.78 Å². The number of hydrogen-bond donors (Lipinski definition) is 1. The first-order valence-electron chi connectivity index (χ1n) is 6.87. The molecule has 20 heavy (non-hydrogen) atoms. The van der Waals surface area contributed by atoms with Gasteiger partial charge in [0.25, 0.3) is 0 Å². The normalized spacial score (nSPS) is 11.1. The molecule has 1 N–H and O–H groups in total. The summed E-state index contributed by atoms with van der Waals surface area (Å²) in [5.74, 6) is 0. The zero-order chi connectivity index (χ0) is 14.5. The summed E-state index contributed by atoms with van der Waals surface area (Å²) in [4.78, 5) is 0. The van der Waals surface area contributed by atoms with Crippen molar-refractivity contribution in [1.29, 1.82) is 0 Å². The van der Waals surface area contributed by atoms with E-state index in [0.29, 0.717) is 12.6 Å². The molecule has 2 aromatic rings. The average Bonchev–Trinajstić information content (AvgIpc) is 2.88. The Labute approximate surface area is 137 Å². The zero-order valence-corrected chi connectivity index (χ0v) is 14.9. The maximum atomic E-state index is 4.65. The highest BCUT2D eigenvalue weighted by Crippen LogP contribution is 2.30. The lowest BCUT2D eigenvalue weighted by molar-refractivity contribution is 0.426. The Morgan fingerprint density at radius 3 is 2.40 bits per heavy atom. The maximum Gasteiger partial charge on any atom is 0.0815 e. The molecular weight excluding hydrogens is 382 g/mol. The van der Waals surface area contributed by atoms with Crippen molar-refractivity contribution in [2.75, 3.05) is 5.32 Å². The maximum absolute atomic E-state index is 4.65. The lowest BCUT2D eigenvalue weighted by Crippen LogP contribution is -2.09. The van der Waals surface area contributed by atoms with Crippen LogP contribution in [0.3, 0.4) is 0 Å². The third kappa shape index (κ3) is 3.64. The molecule has 0 saturated carbocycles. The minimum absolute atomic E-state index is 0.499. The van der Waals surface area contributed by atoms with Gasteiger partial charge in [-0.25, -0.2) is 0 Å². The highest BCUT2D eigenvalue weighted by Gasteiger charge is 2.09. The quantitative estimate of drug-likeness (QED) is 0.705. The molecule has 0 aliphatic rings. The monoisotopic (exact) mass is 399 g/mol. The van der Waals surface area contributed by atoms with Gasteiger partial charge in [0.05, 0.1) is 24.0 Å². The van der Waals surface area contributed by atoms with Gasteiger partial charge in [-0.1, -0.05) is 19.9 Å². The van der Waals surface area contributed by atoms with Crippen molar-refractivity contribution in [3.63, 3.8) is 0 Å². The SMILES string of the molecule is CCC(CC)n1ccc(CNc2c(Br)cccc2Br)n1. The molecule has 1 aromatic heterocycles. The summed E-state index contributed by atoms with van der Waals surface area (Å²) in [7, 11) is 0. The van der Waals surface area contributed by atoms with Gasteiger partial charge in [-0.05, 0) is 62.9 Å². The zero-order valence-electron chi connectivity index (χ0n) is 11.7. The summed E-state index contributed by atoms with van der Waals surface area (Å²) >= 11 is 7.11. The number of halogens is 2. The van der Waals surface area contributed by atoms with Crippen LogP contribution in [0, 0.1) is 0 Å². The molecule has 0 amide bonds. The van der Waals surface area contributed by atoms with Gasteiger partial charge >= 0.3 is 0 Å². The molecule has 2 rings (SSSR count). The number of para-hydroxylation sites is 1. The van der Waals surface area contributed by atoms with Crippen LogP contribution < -0.4 is 5.32 Å². The van der Waals surface area contributed by atoms with E-state index in [9.17, 15) is 0 Å². The molecule has 1 aromatic carbocycles. The van der Waals surface area contributed by atoms with E-state index in [0.717, 1.165) is 33.2 Å². The van der Waals surface area contributed by atoms with E-state index >= 15 is 0 Å². The number of nitrogens with one attached hydrogen (secondary N) is 1. The topological polar surface area (TPSA) is 29.9 Å². The Bertz CT molecular complexity index is 542. The second-order valence-corrected chi connectivity index (χ2v) is 6.42. The lowest BCUT2D eigenvalue weighted by Gasteiger charge is -2.13. The fraction of sp³-hybridized carbons (Fsp3) is 0.400. The van der Waals surface area contributed by atoms with E-state index in [1.165, 1.54) is 0 Å². The van der Waals surface area contributed by atoms with Crippen LogP contribution in [-0.4, -0.2) is 9.78 Å². The summed E-state index contributed by atoms with van der Waals surface area (Å²) in [6.45, 7) is 5.12. The first kappa shape index (κ1) is 15.6. The highest BCUT2D eigenvalue weighted by molar-refractivity contribution is 9.11. The van der Waals surface area contributed by atoms with Crippen LogP contribution in [0.25, 0.3) is 0 Å². The minimum Gasteiger partial charge on any atom is -0.377 e. The molecule has 0 fully saturated rings. The molecule has 5 heteroatoms. The smallest absolute Gasteiger partial charge is 0.0815 e. The minimum atomic E-state index is 0.499. The van der Waals surface area contributed by atoms with Gasteiger partial charge in [-0.3, -0.25) is 4.68 Å². The number of rotatable bonds is 6. The molecule has 0 aliphatic heterocycles. The predicted octanol–water partition coefficient (Wildman–Crippen LogP) is 5.38.